The van der Waals surface area contributed by atoms with Gasteiger partial charge >= 0.3 is 5.97 Å². The lowest BCUT2D eigenvalue weighted by Crippen LogP contribution is -2.33. The summed E-state index contributed by atoms with van der Waals surface area (Å²) in [4.78, 5) is 26.4. The normalized spacial score (nSPS) is 13.5. The van der Waals surface area contributed by atoms with Gasteiger partial charge in [0.15, 0.2) is 0 Å². The molecule has 1 N–H and O–H groups in total. The first-order valence-corrected chi connectivity index (χ1v) is 8.32. The van der Waals surface area contributed by atoms with Gasteiger partial charge in [-0.3, -0.25) is 4.79 Å². The van der Waals surface area contributed by atoms with Crippen molar-refractivity contribution in [3.63, 3.8) is 0 Å². The van der Waals surface area contributed by atoms with Gasteiger partial charge in [0, 0.05) is 18.7 Å². The molecule has 4 nitrogen and oxygen atoms in total. The zero-order chi connectivity index (χ0) is 17.1. The summed E-state index contributed by atoms with van der Waals surface area (Å²) < 4.78 is 0. The topological polar surface area (TPSA) is 57.6 Å². The van der Waals surface area contributed by atoms with Crippen molar-refractivity contribution < 1.29 is 14.7 Å². The lowest BCUT2D eigenvalue weighted by Gasteiger charge is -2.22. The molecular weight excluding hydrogens is 302 g/mol. The number of carboxylic acid groups (broad SMARTS) is 1. The van der Waals surface area contributed by atoms with Gasteiger partial charge in [-0.2, -0.15) is 0 Å². The third-order valence-corrected chi connectivity index (χ3v) is 4.45. The second-order valence-corrected chi connectivity index (χ2v) is 6.18. The van der Waals surface area contributed by atoms with Crippen molar-refractivity contribution in [2.24, 2.45) is 5.92 Å². The van der Waals surface area contributed by atoms with Crippen molar-refractivity contribution in [3.05, 3.63) is 59.7 Å². The minimum Gasteiger partial charge on any atom is -0.478 e. The Morgan fingerprint density at radius 1 is 1.00 bits per heavy atom. The molecule has 0 radical (unpaired) electrons. The number of carboxylic acids is 1. The van der Waals surface area contributed by atoms with Crippen molar-refractivity contribution in [2.45, 2.75) is 19.8 Å². The highest BCUT2D eigenvalue weighted by Gasteiger charge is 2.27. The molecule has 0 heterocycles. The van der Waals surface area contributed by atoms with Crippen LogP contribution < -0.4 is 0 Å². The molecule has 0 spiro atoms. The number of carbonyl (C=O) groups excluding carboxylic acids is 1. The van der Waals surface area contributed by atoms with Crippen molar-refractivity contribution in [2.75, 3.05) is 13.1 Å². The van der Waals surface area contributed by atoms with Crippen molar-refractivity contribution in [3.8, 4) is 11.1 Å². The lowest BCUT2D eigenvalue weighted by molar-refractivity contribution is 0.0695. The van der Waals surface area contributed by atoms with Gasteiger partial charge in [-0.15, -0.1) is 0 Å². The van der Waals surface area contributed by atoms with E-state index in [1.807, 2.05) is 30.0 Å². The number of aromatic carboxylic acids is 1. The summed E-state index contributed by atoms with van der Waals surface area (Å²) >= 11 is 0. The Kier molecular flexibility index (Phi) is 4.65. The van der Waals surface area contributed by atoms with Crippen LogP contribution >= 0.6 is 0 Å². The summed E-state index contributed by atoms with van der Waals surface area (Å²) in [6.45, 7) is 3.42. The lowest BCUT2D eigenvalue weighted by atomic mass is 9.94. The van der Waals surface area contributed by atoms with E-state index in [1.54, 1.807) is 30.3 Å². The van der Waals surface area contributed by atoms with E-state index >= 15 is 0 Å². The van der Waals surface area contributed by atoms with Gasteiger partial charge in [-0.05, 0) is 48.9 Å². The van der Waals surface area contributed by atoms with E-state index in [-0.39, 0.29) is 11.5 Å². The molecular formula is C20H21NO3. The first kappa shape index (κ1) is 16.2. The van der Waals surface area contributed by atoms with Gasteiger partial charge in [-0.25, -0.2) is 4.79 Å². The van der Waals surface area contributed by atoms with Crippen LogP contribution in [0.3, 0.4) is 0 Å². The van der Waals surface area contributed by atoms with Gasteiger partial charge in [0.05, 0.1) is 5.56 Å². The largest absolute Gasteiger partial charge is 0.478 e. The molecule has 124 valence electrons. The van der Waals surface area contributed by atoms with Gasteiger partial charge < -0.3 is 10.0 Å². The molecule has 1 amide bonds. The van der Waals surface area contributed by atoms with Crippen LogP contribution in [0.4, 0.5) is 0 Å². The number of hydrogen-bond donors (Lipinski definition) is 1. The SMILES string of the molecule is CCN(CC1CC1)C(=O)c1ccccc1-c1ccccc1C(=O)O. The Hall–Kier alpha value is -2.62. The molecule has 3 rings (SSSR count). The first-order valence-electron chi connectivity index (χ1n) is 8.32. The molecule has 0 bridgehead atoms. The third kappa shape index (κ3) is 3.32. The molecule has 0 aromatic heterocycles. The van der Waals surface area contributed by atoms with Crippen molar-refractivity contribution in [1.82, 2.24) is 4.90 Å². The monoisotopic (exact) mass is 323 g/mol. The second kappa shape index (κ2) is 6.87. The van der Waals surface area contributed by atoms with Crippen LogP contribution in [0.1, 0.15) is 40.5 Å². The summed E-state index contributed by atoms with van der Waals surface area (Å²) in [5.74, 6) is -0.397. The molecule has 0 atom stereocenters. The van der Waals surface area contributed by atoms with Gasteiger partial charge in [-0.1, -0.05) is 36.4 Å². The average molecular weight is 323 g/mol. The number of rotatable bonds is 6. The highest BCUT2D eigenvalue weighted by atomic mass is 16.4. The molecule has 1 fully saturated rings. The van der Waals surface area contributed by atoms with Gasteiger partial charge in [0.1, 0.15) is 0 Å². The first-order chi connectivity index (χ1) is 11.6. The molecule has 0 unspecified atom stereocenters. The van der Waals surface area contributed by atoms with Crippen LogP contribution in [0.15, 0.2) is 48.5 Å². The number of hydrogen-bond acceptors (Lipinski definition) is 2. The smallest absolute Gasteiger partial charge is 0.336 e. The van der Waals surface area contributed by atoms with Gasteiger partial charge in [0.25, 0.3) is 5.91 Å². The second-order valence-electron chi connectivity index (χ2n) is 6.18. The molecule has 1 aliphatic rings. The average Bonchev–Trinajstić information content (AvgIpc) is 3.43. The van der Waals surface area contributed by atoms with E-state index in [0.717, 1.165) is 6.54 Å². The Bertz CT molecular complexity index is 765. The van der Waals surface area contributed by atoms with Gasteiger partial charge in [0.2, 0.25) is 0 Å². The number of nitrogens with zero attached hydrogens (tertiary/aromatic N) is 1. The zero-order valence-corrected chi connectivity index (χ0v) is 13.7. The van der Waals surface area contributed by atoms with Crippen LogP contribution in [-0.4, -0.2) is 35.0 Å². The van der Waals surface area contributed by atoms with Crippen molar-refractivity contribution >= 4 is 11.9 Å². The molecule has 4 heteroatoms. The standard InChI is InChI=1S/C20H21NO3/c1-2-21(13-14-11-12-14)19(22)17-9-5-3-7-15(17)16-8-4-6-10-18(16)20(23)24/h3-10,14H,2,11-13H2,1H3,(H,23,24). The summed E-state index contributed by atoms with van der Waals surface area (Å²) in [5, 5.41) is 9.44. The molecule has 0 saturated heterocycles. The van der Waals surface area contributed by atoms with E-state index in [1.165, 1.54) is 12.8 Å². The third-order valence-electron chi connectivity index (χ3n) is 4.45. The van der Waals surface area contributed by atoms with Crippen molar-refractivity contribution in [1.29, 1.82) is 0 Å². The van der Waals surface area contributed by atoms with E-state index in [9.17, 15) is 14.7 Å². The van der Waals surface area contributed by atoms with Crippen LogP contribution in [0.2, 0.25) is 0 Å². The molecule has 24 heavy (non-hydrogen) atoms. The molecule has 0 aliphatic heterocycles. The summed E-state index contributed by atoms with van der Waals surface area (Å²) in [5.41, 5.74) is 2.03. The Morgan fingerprint density at radius 3 is 2.08 bits per heavy atom. The van der Waals surface area contributed by atoms with E-state index in [4.69, 9.17) is 0 Å². The Morgan fingerprint density at radius 2 is 1.54 bits per heavy atom. The fourth-order valence-corrected chi connectivity index (χ4v) is 2.95. The fraction of sp³-hybridized carbons (Fsp3) is 0.300. The van der Waals surface area contributed by atoms with Crippen LogP contribution in [0.25, 0.3) is 11.1 Å². The zero-order valence-electron chi connectivity index (χ0n) is 13.7. The maximum Gasteiger partial charge on any atom is 0.336 e. The summed E-state index contributed by atoms with van der Waals surface area (Å²) in [7, 11) is 0. The Labute approximate surface area is 141 Å². The minimum atomic E-state index is -0.988. The maximum atomic E-state index is 13.0. The van der Waals surface area contributed by atoms with Crippen LogP contribution in [-0.2, 0) is 0 Å². The number of carbonyl (C=O) groups is 2. The molecule has 1 saturated carbocycles. The fourth-order valence-electron chi connectivity index (χ4n) is 2.95. The highest BCUT2D eigenvalue weighted by molar-refractivity contribution is 6.04. The van der Waals surface area contributed by atoms with E-state index < -0.39 is 5.97 Å². The predicted octanol–water partition coefficient (Wildman–Crippen LogP) is 3.92. The predicted molar refractivity (Wildman–Crippen MR) is 93.1 cm³/mol. The highest BCUT2D eigenvalue weighted by Crippen LogP contribution is 2.32. The summed E-state index contributed by atoms with van der Waals surface area (Å²) in [6, 6.07) is 14.1. The number of benzene rings is 2. The summed E-state index contributed by atoms with van der Waals surface area (Å²) in [6.07, 6.45) is 2.38. The maximum absolute atomic E-state index is 13.0. The molecule has 2 aromatic rings. The van der Waals surface area contributed by atoms with E-state index in [2.05, 4.69) is 0 Å². The molecule has 2 aromatic carbocycles. The minimum absolute atomic E-state index is 0.0276. The quantitative estimate of drug-likeness (QED) is 0.876. The number of amides is 1. The van der Waals surface area contributed by atoms with E-state index in [0.29, 0.717) is 29.2 Å². The Balaban J connectivity index is 2.02. The van der Waals surface area contributed by atoms with Crippen LogP contribution in [0, 0.1) is 5.92 Å². The molecule has 1 aliphatic carbocycles. The van der Waals surface area contributed by atoms with Crippen LogP contribution in [0.5, 0.6) is 0 Å².